The predicted molar refractivity (Wildman–Crippen MR) is 149 cm³/mol. The van der Waals surface area contributed by atoms with Crippen LogP contribution in [0.4, 0.5) is 0 Å². The monoisotopic (exact) mass is 561 g/mol. The van der Waals surface area contributed by atoms with E-state index in [0.717, 1.165) is 40.6 Å². The number of nitrogens with zero attached hydrogens (tertiary/aromatic N) is 3. The summed E-state index contributed by atoms with van der Waals surface area (Å²) in [6.07, 6.45) is 14.7. The van der Waals surface area contributed by atoms with E-state index in [2.05, 4.69) is 52.8 Å². The third-order valence-corrected chi connectivity index (χ3v) is 8.68. The molecule has 1 aromatic rings. The molecule has 3 saturated carbocycles. The number of rotatable bonds is 4. The summed E-state index contributed by atoms with van der Waals surface area (Å²) >= 11 is 0.194. The van der Waals surface area contributed by atoms with Gasteiger partial charge in [-0.1, -0.05) is 58.9 Å². The van der Waals surface area contributed by atoms with Gasteiger partial charge in [-0.2, -0.15) is 0 Å². The molecule has 3 unspecified atom stereocenters. The van der Waals surface area contributed by atoms with Crippen LogP contribution < -0.4 is 0 Å². The van der Waals surface area contributed by atoms with E-state index in [-0.39, 0.29) is 13.1 Å². The van der Waals surface area contributed by atoms with Gasteiger partial charge in [0.05, 0.1) is 34.9 Å². The molecule has 1 heterocycles. The fourth-order valence-electron chi connectivity index (χ4n) is 6.63. The predicted octanol–water partition coefficient (Wildman–Crippen LogP) is 9.04. The van der Waals surface area contributed by atoms with Gasteiger partial charge in [-0.05, 0) is 87.7 Å². The van der Waals surface area contributed by atoms with Gasteiger partial charge in [0.15, 0.2) is 0 Å². The number of aliphatic imine (C=N–C) groups is 2. The van der Waals surface area contributed by atoms with Crippen molar-refractivity contribution in [1.29, 1.82) is 0 Å². The molecule has 0 amide bonds. The van der Waals surface area contributed by atoms with Crippen LogP contribution in [0.5, 0.6) is 0 Å². The van der Waals surface area contributed by atoms with Gasteiger partial charge in [0.2, 0.25) is 0 Å². The minimum absolute atomic E-state index is 0.194. The molecule has 0 bridgehead atoms. The Balaban J connectivity index is 0.00000108. The van der Waals surface area contributed by atoms with E-state index in [1.165, 1.54) is 70.6 Å². The van der Waals surface area contributed by atoms with E-state index in [1.807, 2.05) is 0 Å². The molecule has 0 N–H and O–H groups in total. The molecule has 198 valence electrons. The van der Waals surface area contributed by atoms with Gasteiger partial charge in [-0.3, -0.25) is 9.98 Å². The van der Waals surface area contributed by atoms with Crippen molar-refractivity contribution in [3.63, 3.8) is 0 Å². The molecular weight excluding hydrogens is 517 g/mol. The molecule has 0 radical (unpaired) electrons. The Kier molecular flexibility index (Phi) is 11.6. The van der Waals surface area contributed by atoms with E-state index in [9.17, 15) is 0 Å². The third-order valence-electron chi connectivity index (χ3n) is 8.68. The van der Waals surface area contributed by atoms with Crippen molar-refractivity contribution in [3.8, 4) is 0 Å². The Hall–Kier alpha value is -0.411. The first-order valence-electron chi connectivity index (χ1n) is 13.6. The Labute approximate surface area is 229 Å². The average Bonchev–Trinajstić information content (AvgIpc) is 2.84. The Bertz CT molecular complexity index is 854. The number of halogens is 2. The van der Waals surface area contributed by atoms with Crippen LogP contribution in [0.2, 0.25) is 0 Å². The number of hydrogen-bond acceptors (Lipinski definition) is 3. The second kappa shape index (κ2) is 13.9. The van der Waals surface area contributed by atoms with Gasteiger partial charge in [0.25, 0.3) is 0 Å². The second-order valence-corrected chi connectivity index (χ2v) is 13.8. The summed E-state index contributed by atoms with van der Waals surface area (Å²) in [6, 6.07) is 7.35. The zero-order valence-electron chi connectivity index (χ0n) is 22.3. The molecule has 4 rings (SSSR count). The molecule has 0 saturated heterocycles. The summed E-state index contributed by atoms with van der Waals surface area (Å²) in [4.78, 5) is 15.4. The van der Waals surface area contributed by atoms with Crippen molar-refractivity contribution in [2.24, 2.45) is 33.2 Å². The van der Waals surface area contributed by atoms with E-state index in [0.29, 0.717) is 17.5 Å². The van der Waals surface area contributed by atoms with Crippen LogP contribution >= 0.6 is 20.2 Å². The second-order valence-electron chi connectivity index (χ2n) is 12.0. The molecule has 6 heteroatoms. The molecule has 1 aromatic heterocycles. The van der Waals surface area contributed by atoms with Gasteiger partial charge in [0, 0.05) is 0 Å². The quantitative estimate of drug-likeness (QED) is 0.267. The molecule has 35 heavy (non-hydrogen) atoms. The summed E-state index contributed by atoms with van der Waals surface area (Å²) in [7, 11) is 9.53. The first kappa shape index (κ1) is 29.1. The Morgan fingerprint density at radius 2 is 1.40 bits per heavy atom. The van der Waals surface area contributed by atoms with E-state index < -0.39 is 0 Å². The van der Waals surface area contributed by atoms with Gasteiger partial charge >= 0.3 is 33.3 Å². The summed E-state index contributed by atoms with van der Waals surface area (Å²) in [5, 5.41) is 0. The summed E-state index contributed by atoms with van der Waals surface area (Å²) in [5.74, 6) is 2.56. The zero-order chi connectivity index (χ0) is 25.4. The zero-order valence-corrected chi connectivity index (χ0v) is 25.0. The number of fused-ring (bicyclic) bond motifs is 1. The van der Waals surface area contributed by atoms with E-state index in [4.69, 9.17) is 35.2 Å². The van der Waals surface area contributed by atoms with Crippen LogP contribution in [0.25, 0.3) is 0 Å². The molecule has 0 aromatic carbocycles. The Morgan fingerprint density at radius 1 is 0.829 bits per heavy atom. The summed E-state index contributed by atoms with van der Waals surface area (Å²) < 4.78 is 0. The van der Waals surface area contributed by atoms with Crippen molar-refractivity contribution in [3.05, 3.63) is 29.6 Å². The fraction of sp³-hybridized carbons (Fsp3) is 0.759. The molecule has 0 spiro atoms. The van der Waals surface area contributed by atoms with Gasteiger partial charge in [-0.15, -0.1) is 0 Å². The van der Waals surface area contributed by atoms with Crippen molar-refractivity contribution in [1.82, 2.24) is 4.98 Å². The maximum absolute atomic E-state index is 5.25. The van der Waals surface area contributed by atoms with Crippen LogP contribution in [-0.4, -0.2) is 28.5 Å². The molecule has 0 aliphatic heterocycles. The summed E-state index contributed by atoms with van der Waals surface area (Å²) in [6.45, 7) is 11.5. The molecular formula is C29H45Cl2FeN3. The van der Waals surface area contributed by atoms with Crippen molar-refractivity contribution < 1.29 is 13.1 Å². The number of aromatic nitrogens is 1. The fourth-order valence-corrected chi connectivity index (χ4v) is 6.63. The SMILES string of the molecule is CC(=NC1CCC(C(C)(C)C)CC1)c1cccc(C(C)=NC2CCCC3CCCCC32)n1.[Cl][Fe][Cl]. The van der Waals surface area contributed by atoms with Crippen molar-refractivity contribution in [2.45, 2.75) is 117 Å². The Morgan fingerprint density at radius 3 is 2.03 bits per heavy atom. The van der Waals surface area contributed by atoms with Crippen molar-refractivity contribution >= 4 is 31.6 Å². The molecule has 3 fully saturated rings. The normalized spacial score (nSPS) is 30.3. The standard InChI is InChI=1S/C29H45N3.2ClH.Fe/c1-20(30-24-18-16-23(17-19-24)29(3,4)5)26-13-9-14-27(32-26)21(2)31-28-15-8-11-22-10-6-7-12-25(22)28;;;/h9,13-14,22-25,28H,6-8,10-12,15-19H2,1-5H3;2*1H;/q;;;+2/p-2. The summed E-state index contributed by atoms with van der Waals surface area (Å²) in [5.41, 5.74) is 4.68. The van der Waals surface area contributed by atoms with E-state index in [1.54, 1.807) is 0 Å². The van der Waals surface area contributed by atoms with Crippen LogP contribution in [-0.2, 0) is 13.1 Å². The number of pyridine rings is 1. The molecule has 3 aliphatic carbocycles. The van der Waals surface area contributed by atoms with Crippen molar-refractivity contribution in [2.75, 3.05) is 0 Å². The van der Waals surface area contributed by atoms with Crippen LogP contribution in [0.1, 0.15) is 117 Å². The average molecular weight is 562 g/mol. The van der Waals surface area contributed by atoms with Crippen LogP contribution in [0.3, 0.4) is 0 Å². The van der Waals surface area contributed by atoms with Crippen LogP contribution in [0, 0.1) is 23.2 Å². The molecule has 3 atom stereocenters. The maximum atomic E-state index is 5.25. The first-order valence-corrected chi connectivity index (χ1v) is 16.7. The van der Waals surface area contributed by atoms with Gasteiger partial charge < -0.3 is 0 Å². The third kappa shape index (κ3) is 8.56. The first-order chi connectivity index (χ1) is 16.7. The minimum atomic E-state index is 0.194. The van der Waals surface area contributed by atoms with Gasteiger partial charge in [0.1, 0.15) is 0 Å². The topological polar surface area (TPSA) is 37.6 Å². The number of hydrogen-bond donors (Lipinski definition) is 0. The van der Waals surface area contributed by atoms with Crippen LogP contribution in [0.15, 0.2) is 28.2 Å². The molecule has 3 aliphatic rings. The van der Waals surface area contributed by atoms with E-state index >= 15 is 0 Å². The van der Waals surface area contributed by atoms with Gasteiger partial charge in [-0.25, -0.2) is 4.98 Å². The molecule has 3 nitrogen and oxygen atoms in total.